The number of benzene rings is 2. The van der Waals surface area contributed by atoms with Gasteiger partial charge in [0.25, 0.3) is 15.9 Å². The molecule has 142 valence electrons. The van der Waals surface area contributed by atoms with Crippen LogP contribution in [0.5, 0.6) is 0 Å². The molecule has 3 aromatic rings. The molecular formula is C20H17N3O3S2. The van der Waals surface area contributed by atoms with E-state index in [4.69, 9.17) is 5.26 Å². The van der Waals surface area contributed by atoms with Crippen molar-refractivity contribution in [1.29, 1.82) is 5.26 Å². The van der Waals surface area contributed by atoms with Crippen LogP contribution in [-0.4, -0.2) is 25.8 Å². The molecule has 2 aromatic carbocycles. The van der Waals surface area contributed by atoms with Gasteiger partial charge in [-0.15, -0.1) is 11.3 Å². The van der Waals surface area contributed by atoms with Gasteiger partial charge in [0.05, 0.1) is 6.07 Å². The zero-order chi connectivity index (χ0) is 20.0. The summed E-state index contributed by atoms with van der Waals surface area (Å²) in [6.45, 7) is 0.278. The second-order valence-electron chi connectivity index (χ2n) is 5.92. The first-order valence-corrected chi connectivity index (χ1v) is 10.7. The molecular weight excluding hydrogens is 394 g/mol. The molecule has 1 N–H and O–H groups in total. The molecule has 0 aliphatic rings. The predicted molar refractivity (Wildman–Crippen MR) is 108 cm³/mol. The van der Waals surface area contributed by atoms with Crippen molar-refractivity contribution >= 4 is 33.0 Å². The van der Waals surface area contributed by atoms with Crippen molar-refractivity contribution in [3.63, 3.8) is 0 Å². The molecule has 0 aliphatic heterocycles. The van der Waals surface area contributed by atoms with Gasteiger partial charge in [-0.25, -0.2) is 8.42 Å². The van der Waals surface area contributed by atoms with Crippen LogP contribution in [0, 0.1) is 11.3 Å². The molecule has 3 rings (SSSR count). The lowest BCUT2D eigenvalue weighted by Crippen LogP contribution is -2.30. The maximum atomic E-state index is 12.8. The highest BCUT2D eigenvalue weighted by Gasteiger charge is 2.18. The molecule has 0 saturated heterocycles. The fourth-order valence-electron chi connectivity index (χ4n) is 2.57. The molecule has 0 fully saturated rings. The van der Waals surface area contributed by atoms with Crippen LogP contribution in [-0.2, 0) is 16.6 Å². The van der Waals surface area contributed by atoms with E-state index >= 15 is 0 Å². The number of carbonyl (C=O) groups excluding carboxylic acids is 1. The number of hydrogen-bond donors (Lipinski definition) is 1. The minimum absolute atomic E-state index is 0.0412. The lowest BCUT2D eigenvalue weighted by atomic mass is 10.1. The predicted octanol–water partition coefficient (Wildman–Crippen LogP) is 3.71. The number of amides is 1. The topological polar surface area (TPSA) is 90.3 Å². The van der Waals surface area contributed by atoms with Crippen molar-refractivity contribution in [3.8, 4) is 6.07 Å². The summed E-state index contributed by atoms with van der Waals surface area (Å²) in [5.74, 6) is -0.293. The molecule has 1 aromatic heterocycles. The number of thiophene rings is 1. The van der Waals surface area contributed by atoms with Gasteiger partial charge in [0.15, 0.2) is 0 Å². The Morgan fingerprint density at radius 2 is 1.75 bits per heavy atom. The monoisotopic (exact) mass is 411 g/mol. The maximum Gasteiger partial charge on any atom is 0.271 e. The van der Waals surface area contributed by atoms with Gasteiger partial charge in [0.2, 0.25) is 0 Å². The average Bonchev–Trinajstić information content (AvgIpc) is 3.24. The number of nitriles is 1. The molecule has 0 atom stereocenters. The molecule has 28 heavy (non-hydrogen) atoms. The lowest BCUT2D eigenvalue weighted by Gasteiger charge is -2.20. The highest BCUT2D eigenvalue weighted by Crippen LogP contribution is 2.21. The van der Waals surface area contributed by atoms with Crippen molar-refractivity contribution in [2.75, 3.05) is 11.3 Å². The van der Waals surface area contributed by atoms with Crippen LogP contribution in [0.4, 0.5) is 5.69 Å². The quantitative estimate of drug-likeness (QED) is 0.600. The molecule has 8 heteroatoms. The minimum atomic E-state index is -3.64. The molecule has 0 aliphatic carbocycles. The second-order valence-corrected chi connectivity index (χ2v) is 8.78. The summed E-state index contributed by atoms with van der Waals surface area (Å²) in [5, 5.41) is 10.7. The van der Waals surface area contributed by atoms with Crippen LogP contribution in [0.3, 0.4) is 0 Å². The molecule has 6 nitrogen and oxygen atoms in total. The SMILES string of the molecule is N#CCN(Cc1ccccc1)C(=O)c1ccc(NS(=O)(=O)c2cccs2)cc1. The number of hydrogen-bond acceptors (Lipinski definition) is 5. The van der Waals surface area contributed by atoms with Crippen molar-refractivity contribution in [2.45, 2.75) is 10.8 Å². The Balaban J connectivity index is 1.74. The van der Waals surface area contributed by atoms with E-state index in [1.807, 2.05) is 36.4 Å². The van der Waals surface area contributed by atoms with E-state index in [0.717, 1.165) is 16.9 Å². The molecule has 0 bridgehead atoms. The summed E-state index contributed by atoms with van der Waals surface area (Å²) in [6.07, 6.45) is 0. The Labute approximate surface area is 167 Å². The summed E-state index contributed by atoms with van der Waals surface area (Å²) in [6, 6.07) is 20.8. The normalized spacial score (nSPS) is 10.8. The molecule has 1 heterocycles. The summed E-state index contributed by atoms with van der Waals surface area (Å²) in [5.41, 5.74) is 1.66. The fraction of sp³-hybridized carbons (Fsp3) is 0.100. The van der Waals surface area contributed by atoms with Gasteiger partial charge in [0, 0.05) is 17.8 Å². The van der Waals surface area contributed by atoms with Crippen molar-refractivity contribution in [2.24, 2.45) is 0 Å². The molecule has 1 amide bonds. The van der Waals surface area contributed by atoms with E-state index in [1.165, 1.54) is 23.1 Å². The summed E-state index contributed by atoms with van der Waals surface area (Å²) in [7, 11) is -3.64. The van der Waals surface area contributed by atoms with E-state index in [-0.39, 0.29) is 16.7 Å². The number of carbonyl (C=O) groups is 1. The maximum absolute atomic E-state index is 12.8. The van der Waals surface area contributed by atoms with E-state index < -0.39 is 10.0 Å². The van der Waals surface area contributed by atoms with Crippen LogP contribution in [0.15, 0.2) is 76.3 Å². The van der Waals surface area contributed by atoms with Gasteiger partial charge in [-0.05, 0) is 41.3 Å². The molecule has 0 unspecified atom stereocenters. The fourth-order valence-corrected chi connectivity index (χ4v) is 4.63. The second kappa shape index (κ2) is 8.69. The summed E-state index contributed by atoms with van der Waals surface area (Å²) in [4.78, 5) is 14.2. The van der Waals surface area contributed by atoms with Crippen LogP contribution in [0.2, 0.25) is 0 Å². The van der Waals surface area contributed by atoms with Gasteiger partial charge >= 0.3 is 0 Å². The van der Waals surface area contributed by atoms with Crippen LogP contribution in [0.25, 0.3) is 0 Å². The van der Waals surface area contributed by atoms with Gasteiger partial charge in [-0.1, -0.05) is 36.4 Å². The standard InChI is InChI=1S/C20H17N3O3S2/c21-12-13-23(15-16-5-2-1-3-6-16)20(24)17-8-10-18(11-9-17)22-28(25,26)19-7-4-14-27-19/h1-11,14,22H,13,15H2. The Hall–Kier alpha value is -3.15. The van der Waals surface area contributed by atoms with Crippen molar-refractivity contribution in [1.82, 2.24) is 4.90 Å². The largest absolute Gasteiger partial charge is 0.321 e. The molecule has 0 radical (unpaired) electrons. The zero-order valence-electron chi connectivity index (χ0n) is 14.8. The third-order valence-electron chi connectivity index (χ3n) is 3.91. The van der Waals surface area contributed by atoms with Gasteiger partial charge in [-0.2, -0.15) is 5.26 Å². The zero-order valence-corrected chi connectivity index (χ0v) is 16.4. The summed E-state index contributed by atoms with van der Waals surface area (Å²) >= 11 is 1.13. The van der Waals surface area contributed by atoms with E-state index in [0.29, 0.717) is 17.8 Å². The van der Waals surface area contributed by atoms with E-state index in [9.17, 15) is 13.2 Å². The first kappa shape index (κ1) is 19.6. The Kier molecular flexibility index (Phi) is 6.09. The number of nitrogens with one attached hydrogen (secondary N) is 1. The van der Waals surface area contributed by atoms with Gasteiger partial charge in [0.1, 0.15) is 10.8 Å². The first-order chi connectivity index (χ1) is 13.5. The third-order valence-corrected chi connectivity index (χ3v) is 6.69. The van der Waals surface area contributed by atoms with Crippen molar-refractivity contribution in [3.05, 3.63) is 83.2 Å². The number of sulfonamides is 1. The highest BCUT2D eigenvalue weighted by atomic mass is 32.2. The van der Waals surface area contributed by atoms with Crippen LogP contribution < -0.4 is 4.72 Å². The Morgan fingerprint density at radius 3 is 2.36 bits per heavy atom. The Bertz CT molecular complexity index is 1070. The molecule has 0 saturated carbocycles. The average molecular weight is 412 g/mol. The summed E-state index contributed by atoms with van der Waals surface area (Å²) < 4.78 is 27.2. The first-order valence-electron chi connectivity index (χ1n) is 8.36. The number of nitrogens with zero attached hydrogens (tertiary/aromatic N) is 2. The van der Waals surface area contributed by atoms with Gasteiger partial charge < -0.3 is 4.90 Å². The van der Waals surface area contributed by atoms with Gasteiger partial charge in [-0.3, -0.25) is 9.52 Å². The number of anilines is 1. The minimum Gasteiger partial charge on any atom is -0.321 e. The van der Waals surface area contributed by atoms with Crippen LogP contribution in [0.1, 0.15) is 15.9 Å². The smallest absolute Gasteiger partial charge is 0.271 e. The van der Waals surface area contributed by atoms with E-state index in [2.05, 4.69) is 4.72 Å². The van der Waals surface area contributed by atoms with Crippen LogP contribution >= 0.6 is 11.3 Å². The lowest BCUT2D eigenvalue weighted by molar-refractivity contribution is 0.0765. The Morgan fingerprint density at radius 1 is 1.04 bits per heavy atom. The van der Waals surface area contributed by atoms with Crippen molar-refractivity contribution < 1.29 is 13.2 Å². The highest BCUT2D eigenvalue weighted by molar-refractivity contribution is 7.94. The third kappa shape index (κ3) is 4.76. The molecule has 0 spiro atoms. The number of rotatable bonds is 7. The van der Waals surface area contributed by atoms with E-state index in [1.54, 1.807) is 23.6 Å².